The van der Waals surface area contributed by atoms with Gasteiger partial charge in [0.2, 0.25) is 11.9 Å². The molecule has 0 saturated carbocycles. The maximum absolute atomic E-state index is 13.4. The second-order valence-electron chi connectivity index (χ2n) is 11.6. The van der Waals surface area contributed by atoms with Crippen molar-refractivity contribution in [1.82, 2.24) is 9.97 Å². The molecule has 2 aromatic carbocycles. The van der Waals surface area contributed by atoms with Gasteiger partial charge in [0, 0.05) is 12.7 Å². The number of hydrogen-bond acceptors (Lipinski definition) is 7. The molecule has 0 spiro atoms. The molecule has 0 aliphatic carbocycles. The Kier molecular flexibility index (Phi) is 9.15. The summed E-state index contributed by atoms with van der Waals surface area (Å²) in [5.41, 5.74) is -0.0198. The summed E-state index contributed by atoms with van der Waals surface area (Å²) in [4.78, 5) is 35.9. The number of carbonyl (C=O) groups excluding carboxylic acids is 1. The molecule has 1 amide bonds. The number of carboxylic acids is 1. The number of piperidine rings is 1. The van der Waals surface area contributed by atoms with Crippen LogP contribution in [-0.2, 0) is 21.4 Å². The molecule has 1 atom stereocenters. The minimum atomic E-state index is -0.870. The van der Waals surface area contributed by atoms with E-state index in [0.717, 1.165) is 47.8 Å². The monoisotopic (exact) mass is 560 g/mol. The molecule has 0 bridgehead atoms. The van der Waals surface area contributed by atoms with E-state index in [1.807, 2.05) is 75.4 Å². The van der Waals surface area contributed by atoms with Gasteiger partial charge in [0.15, 0.2) is 11.5 Å². The molecule has 41 heavy (non-hydrogen) atoms. The topological polar surface area (TPSA) is 114 Å². The Balaban J connectivity index is 1.41. The Hall–Kier alpha value is -4.14. The lowest BCUT2D eigenvalue weighted by Gasteiger charge is -2.34. The van der Waals surface area contributed by atoms with Crippen LogP contribution in [0.2, 0.25) is 0 Å². The first-order valence-corrected chi connectivity index (χ1v) is 14.1. The predicted molar refractivity (Wildman–Crippen MR) is 159 cm³/mol. The third-order valence-corrected chi connectivity index (χ3v) is 7.48. The zero-order valence-electron chi connectivity index (χ0n) is 24.5. The maximum Gasteiger partial charge on any atom is 0.309 e. The number of hydrogen-bond donors (Lipinski definition) is 2. The molecule has 4 rings (SSSR count). The molecule has 1 aliphatic rings. The normalized spacial score (nSPS) is 15.7. The minimum Gasteiger partial charge on any atom is -0.490 e. The van der Waals surface area contributed by atoms with Crippen LogP contribution < -0.4 is 19.7 Å². The van der Waals surface area contributed by atoms with Gasteiger partial charge in [-0.15, -0.1) is 0 Å². The van der Waals surface area contributed by atoms with Gasteiger partial charge in [0.25, 0.3) is 0 Å². The van der Waals surface area contributed by atoms with Gasteiger partial charge in [0.05, 0.1) is 24.0 Å². The van der Waals surface area contributed by atoms with E-state index in [1.165, 1.54) is 0 Å². The third-order valence-electron chi connectivity index (χ3n) is 7.48. The van der Waals surface area contributed by atoms with E-state index < -0.39 is 16.8 Å². The Morgan fingerprint density at radius 3 is 2.44 bits per heavy atom. The first-order chi connectivity index (χ1) is 19.5. The number of benzene rings is 2. The summed E-state index contributed by atoms with van der Waals surface area (Å²) < 4.78 is 12.0. The van der Waals surface area contributed by atoms with Crippen molar-refractivity contribution in [3.63, 3.8) is 0 Å². The van der Waals surface area contributed by atoms with Crippen molar-refractivity contribution >= 4 is 23.6 Å². The molecule has 1 saturated heterocycles. The number of amides is 1. The van der Waals surface area contributed by atoms with E-state index in [0.29, 0.717) is 19.6 Å². The SMILES string of the molecule is CCOc1ccccc1O[C@@H]1CCCN(c2ccnc(NC(=O)C(C)(C)c3ccc(CC(C)(C)C(=O)O)cc3)n2)C1. The van der Waals surface area contributed by atoms with Crippen LogP contribution in [0.5, 0.6) is 11.5 Å². The fourth-order valence-electron chi connectivity index (χ4n) is 4.84. The first kappa shape index (κ1) is 29.8. The molecule has 9 nitrogen and oxygen atoms in total. The zero-order valence-corrected chi connectivity index (χ0v) is 24.5. The molecule has 9 heteroatoms. The Morgan fingerprint density at radius 1 is 1.05 bits per heavy atom. The van der Waals surface area contributed by atoms with Gasteiger partial charge >= 0.3 is 5.97 Å². The van der Waals surface area contributed by atoms with Crippen molar-refractivity contribution in [1.29, 1.82) is 0 Å². The molecular formula is C32H40N4O5. The summed E-state index contributed by atoms with van der Waals surface area (Å²) in [5.74, 6) is 1.36. The van der Waals surface area contributed by atoms with E-state index in [-0.39, 0.29) is 18.0 Å². The molecular weight excluding hydrogens is 520 g/mol. The van der Waals surface area contributed by atoms with Crippen LogP contribution in [0, 0.1) is 5.41 Å². The van der Waals surface area contributed by atoms with Gasteiger partial charge in [0.1, 0.15) is 11.9 Å². The van der Waals surface area contributed by atoms with Crippen molar-refractivity contribution in [2.45, 2.75) is 65.4 Å². The molecule has 0 unspecified atom stereocenters. The smallest absolute Gasteiger partial charge is 0.309 e. The van der Waals surface area contributed by atoms with Crippen LogP contribution in [0.1, 0.15) is 58.6 Å². The van der Waals surface area contributed by atoms with E-state index >= 15 is 0 Å². The molecule has 1 aliphatic heterocycles. The van der Waals surface area contributed by atoms with Crippen LogP contribution in [0.25, 0.3) is 0 Å². The Bertz CT molecular complexity index is 1360. The predicted octanol–water partition coefficient (Wildman–Crippen LogP) is 5.49. The van der Waals surface area contributed by atoms with Crippen LogP contribution in [-0.4, -0.2) is 52.8 Å². The highest BCUT2D eigenvalue weighted by Gasteiger charge is 2.32. The molecule has 0 radical (unpaired) electrons. The lowest BCUT2D eigenvalue weighted by molar-refractivity contribution is -0.146. The maximum atomic E-state index is 13.4. The average molecular weight is 561 g/mol. The molecule has 2 N–H and O–H groups in total. The molecule has 2 heterocycles. The van der Waals surface area contributed by atoms with E-state index in [1.54, 1.807) is 20.0 Å². The molecule has 218 valence electrons. The van der Waals surface area contributed by atoms with Gasteiger partial charge in [-0.25, -0.2) is 4.98 Å². The highest BCUT2D eigenvalue weighted by atomic mass is 16.5. The number of aromatic nitrogens is 2. The standard InChI is InChI=1S/C32H40N4O5/c1-6-40-25-11-7-8-12-26(25)41-24-10-9-19-36(21-24)27-17-18-33-30(34-27)35-28(37)32(4,5)23-15-13-22(14-16-23)20-31(2,3)29(38)39/h7-8,11-18,24H,6,9-10,19-21H2,1-5H3,(H,38,39)(H,33,34,35,37)/t24-/m1/s1. The highest BCUT2D eigenvalue weighted by molar-refractivity contribution is 5.97. The summed E-state index contributed by atoms with van der Waals surface area (Å²) >= 11 is 0. The van der Waals surface area contributed by atoms with Crippen LogP contribution >= 0.6 is 0 Å². The van der Waals surface area contributed by atoms with Crippen molar-refractivity contribution in [2.24, 2.45) is 5.41 Å². The number of carboxylic acid groups (broad SMARTS) is 1. The van der Waals surface area contributed by atoms with Gasteiger partial charge in [-0.2, -0.15) is 4.98 Å². The van der Waals surface area contributed by atoms with Gasteiger partial charge in [-0.1, -0.05) is 36.4 Å². The Labute approximate surface area is 241 Å². The van der Waals surface area contributed by atoms with Gasteiger partial charge in [-0.3, -0.25) is 14.9 Å². The lowest BCUT2D eigenvalue weighted by Crippen LogP contribution is -2.42. The second-order valence-corrected chi connectivity index (χ2v) is 11.6. The van der Waals surface area contributed by atoms with Gasteiger partial charge in [-0.05, 0) is 83.2 Å². The molecule has 3 aromatic rings. The van der Waals surface area contributed by atoms with E-state index in [9.17, 15) is 14.7 Å². The number of nitrogens with one attached hydrogen (secondary N) is 1. The number of aliphatic carboxylic acids is 1. The zero-order chi connectivity index (χ0) is 29.6. The summed E-state index contributed by atoms with van der Waals surface area (Å²) in [6.45, 7) is 11.1. The number of rotatable bonds is 11. The van der Waals surface area contributed by atoms with Crippen LogP contribution in [0.3, 0.4) is 0 Å². The van der Waals surface area contributed by atoms with E-state index in [4.69, 9.17) is 9.47 Å². The third kappa shape index (κ3) is 7.34. The quantitative estimate of drug-likeness (QED) is 0.316. The largest absolute Gasteiger partial charge is 0.490 e. The number of nitrogens with zero attached hydrogens (tertiary/aromatic N) is 3. The summed E-state index contributed by atoms with van der Waals surface area (Å²) in [5, 5.41) is 12.3. The van der Waals surface area contributed by atoms with Gasteiger partial charge < -0.3 is 19.5 Å². The lowest BCUT2D eigenvalue weighted by atomic mass is 9.81. The van der Waals surface area contributed by atoms with Crippen LogP contribution in [0.15, 0.2) is 60.8 Å². The summed E-state index contributed by atoms with van der Waals surface area (Å²) in [6, 6.07) is 17.1. The van der Waals surface area contributed by atoms with Crippen LogP contribution in [0.4, 0.5) is 11.8 Å². The highest BCUT2D eigenvalue weighted by Crippen LogP contribution is 2.31. The fourth-order valence-corrected chi connectivity index (χ4v) is 4.84. The summed E-state index contributed by atoms with van der Waals surface area (Å²) in [7, 11) is 0. The summed E-state index contributed by atoms with van der Waals surface area (Å²) in [6.07, 6.45) is 3.89. The first-order valence-electron chi connectivity index (χ1n) is 14.1. The molecule has 1 fully saturated rings. The second kappa shape index (κ2) is 12.6. The minimum absolute atomic E-state index is 0.0265. The number of ether oxygens (including phenoxy) is 2. The number of para-hydroxylation sites is 2. The molecule has 1 aromatic heterocycles. The van der Waals surface area contributed by atoms with E-state index in [2.05, 4.69) is 20.2 Å². The number of carbonyl (C=O) groups is 2. The Morgan fingerprint density at radius 2 is 1.76 bits per heavy atom. The van der Waals surface area contributed by atoms with Crippen molar-refractivity contribution in [3.05, 3.63) is 71.9 Å². The van der Waals surface area contributed by atoms with Crippen molar-refractivity contribution < 1.29 is 24.2 Å². The van der Waals surface area contributed by atoms with Crippen molar-refractivity contribution in [3.8, 4) is 11.5 Å². The fraction of sp³-hybridized carbons (Fsp3) is 0.438. The number of anilines is 2. The van der Waals surface area contributed by atoms with Crippen molar-refractivity contribution in [2.75, 3.05) is 29.9 Å². The average Bonchev–Trinajstić information content (AvgIpc) is 2.94.